The summed E-state index contributed by atoms with van der Waals surface area (Å²) in [5, 5.41) is 0. The van der Waals surface area contributed by atoms with Crippen LogP contribution in [0.15, 0.2) is 47.1 Å². The fourth-order valence-corrected chi connectivity index (χ4v) is 2.79. The third kappa shape index (κ3) is 15.2. The molecule has 0 bridgehead atoms. The quantitative estimate of drug-likeness (QED) is 0.345. The second-order valence-corrected chi connectivity index (χ2v) is 6.36. The van der Waals surface area contributed by atoms with Gasteiger partial charge >= 0.3 is 191 Å². The number of rotatable bonds is 7. The molecule has 0 radical (unpaired) electrons. The summed E-state index contributed by atoms with van der Waals surface area (Å²) in [6.07, 6.45) is 7.13. The molecule has 0 N–H and O–H groups in total. The zero-order chi connectivity index (χ0) is 24.7. The summed E-state index contributed by atoms with van der Waals surface area (Å²) in [4.78, 5) is 5.05. The number of ether oxygens (including phenoxy) is 1. The molecule has 0 saturated heterocycles. The molecular weight excluding hydrogens is 438 g/mol. The molecule has 2 saturated carbocycles. The Morgan fingerprint density at radius 3 is 1.74 bits per heavy atom. The number of hydrogen-bond acceptors (Lipinski definition) is 2. The van der Waals surface area contributed by atoms with E-state index < -0.39 is 0 Å². The molecule has 7 nitrogen and oxygen atoms in total. The fourth-order valence-electron chi connectivity index (χ4n) is 2.42. The first-order valence-corrected chi connectivity index (χ1v) is 9.46. The van der Waals surface area contributed by atoms with Gasteiger partial charge in [0.25, 0.3) is 0 Å². The third-order valence-electron chi connectivity index (χ3n) is 3.83. The van der Waals surface area contributed by atoms with E-state index in [1.54, 1.807) is 0 Å². The summed E-state index contributed by atoms with van der Waals surface area (Å²) >= 11 is 3.00. The van der Waals surface area contributed by atoms with Gasteiger partial charge in [0.2, 0.25) is 0 Å². The minimum absolute atomic E-state index is 0.617. The molecule has 2 aliphatic rings. The van der Waals surface area contributed by atoms with Crippen LogP contribution in [0.1, 0.15) is 38.2 Å². The van der Waals surface area contributed by atoms with E-state index in [2.05, 4.69) is 85.5 Å². The van der Waals surface area contributed by atoms with Crippen molar-refractivity contribution in [2.24, 2.45) is 16.8 Å². The summed E-state index contributed by atoms with van der Waals surface area (Å²) < 4.78 is 43.9. The summed E-state index contributed by atoms with van der Waals surface area (Å²) in [7, 11) is 0. The summed E-state index contributed by atoms with van der Waals surface area (Å²) in [6.45, 7) is 25.2. The Kier molecular flexibility index (Phi) is 25.8. The van der Waals surface area contributed by atoms with Crippen LogP contribution >= 0.6 is 0 Å². The summed E-state index contributed by atoms with van der Waals surface area (Å²) in [5.41, 5.74) is 3.71. The van der Waals surface area contributed by atoms with Gasteiger partial charge in [0.1, 0.15) is 0 Å². The maximum absolute atomic E-state index is 7.50. The van der Waals surface area contributed by atoms with Crippen molar-refractivity contribution >= 4 is 10.3 Å². The molecule has 2 fully saturated rings. The molecule has 1 aromatic rings. The molecule has 31 heavy (non-hydrogen) atoms. The summed E-state index contributed by atoms with van der Waals surface area (Å²) in [5.74, 6) is 1.26. The predicted octanol–water partition coefficient (Wildman–Crippen LogP) is 3.71. The van der Waals surface area contributed by atoms with Crippen LogP contribution in [0.3, 0.4) is 0 Å². The topological polar surface area (TPSA) is 121 Å². The molecule has 160 valence electrons. The molecule has 2 aliphatic carbocycles. The van der Waals surface area contributed by atoms with Crippen molar-refractivity contribution in [3.63, 3.8) is 0 Å². The Morgan fingerprint density at radius 2 is 1.35 bits per heavy atom. The average molecular weight is 459 g/mol. The average Bonchev–Trinajstić information content (AvgIpc) is 3.78. The second kappa shape index (κ2) is 24.0. The van der Waals surface area contributed by atoms with E-state index in [1.807, 2.05) is 6.92 Å². The first-order valence-electron chi connectivity index (χ1n) is 8.82. The molecular formula is C23H21CrNO6. The van der Waals surface area contributed by atoms with Crippen molar-refractivity contribution in [3.8, 4) is 0 Å². The van der Waals surface area contributed by atoms with Crippen molar-refractivity contribution < 1.29 is 43.8 Å². The number of nitrogens with zero attached hydrogens (tertiary/aromatic N) is 1. The van der Waals surface area contributed by atoms with E-state index in [9.17, 15) is 0 Å². The fraction of sp³-hybridized carbons (Fsp3) is 0.348. The Morgan fingerprint density at radius 1 is 0.903 bits per heavy atom. The van der Waals surface area contributed by atoms with Gasteiger partial charge in [0, 0.05) is 0 Å². The van der Waals surface area contributed by atoms with Crippen LogP contribution in [-0.2, 0) is 43.8 Å². The zero-order valence-electron chi connectivity index (χ0n) is 17.0. The minimum atomic E-state index is 0.617. The van der Waals surface area contributed by atoms with E-state index in [-0.39, 0.29) is 0 Å². The molecule has 0 spiro atoms. The van der Waals surface area contributed by atoms with Crippen LogP contribution in [0.25, 0.3) is 0 Å². The van der Waals surface area contributed by atoms with Gasteiger partial charge < -0.3 is 0 Å². The van der Waals surface area contributed by atoms with Gasteiger partial charge in [0.15, 0.2) is 0 Å². The third-order valence-corrected chi connectivity index (χ3v) is 4.20. The van der Waals surface area contributed by atoms with Gasteiger partial charge in [-0.25, -0.2) is 0 Å². The molecule has 0 heterocycles. The van der Waals surface area contributed by atoms with Crippen molar-refractivity contribution in [1.82, 2.24) is 0 Å². The predicted molar refractivity (Wildman–Crippen MR) is 103 cm³/mol. The van der Waals surface area contributed by atoms with Gasteiger partial charge in [-0.3, -0.25) is 0 Å². The standard InChI is InChI=1S/C18H21NO.5CO.Cr/c1-2-20-13-12-17(14-8-9-14)19-18(16-10-11-16)15-6-4-3-5-7-15;5*1-2;/h3-7,12,14,16H,2,8-11H2,1H3;;;;;;/b17-12-,19-18?;;;;;;. The van der Waals surface area contributed by atoms with Crippen molar-refractivity contribution in [2.45, 2.75) is 32.6 Å². The number of hydrogen-bond donors (Lipinski definition) is 0. The Balaban J connectivity index is -0.000000692. The van der Waals surface area contributed by atoms with Crippen LogP contribution in [0.2, 0.25) is 0 Å². The van der Waals surface area contributed by atoms with Crippen LogP contribution in [0.4, 0.5) is 0 Å². The Hall–Kier alpha value is -2.31. The SMILES string of the molecule is CCO[C](=[Cr])/C=C(\N=C(c1ccccc1)C1CC1)C1CC1.[C-]#[O+].[C-]#[O+].[C-]#[O+].[C-]#[O+].[C-]#[O+]. The normalized spacial score (nSPS) is 13.6. The van der Waals surface area contributed by atoms with E-state index in [0.717, 1.165) is 4.57 Å². The molecule has 1 aromatic carbocycles. The molecule has 3 rings (SSSR count). The van der Waals surface area contributed by atoms with Crippen LogP contribution in [0, 0.1) is 45.1 Å². The van der Waals surface area contributed by atoms with Gasteiger partial charge in [0.05, 0.1) is 0 Å². The van der Waals surface area contributed by atoms with Crippen LogP contribution in [-0.4, -0.2) is 16.9 Å². The Labute approximate surface area is 191 Å². The van der Waals surface area contributed by atoms with E-state index in [4.69, 9.17) is 33.0 Å². The number of allylic oxidation sites excluding steroid dienone is 1. The molecule has 0 aliphatic heterocycles. The second-order valence-electron chi connectivity index (χ2n) is 5.73. The molecule has 8 heteroatoms. The number of aliphatic imine (C=N–C) groups is 1. The van der Waals surface area contributed by atoms with Gasteiger partial charge in [-0.1, -0.05) is 0 Å². The Bertz CT molecular complexity index is 747. The first kappa shape index (κ1) is 33.3. The molecule has 0 unspecified atom stereocenters. The van der Waals surface area contributed by atoms with Gasteiger partial charge in [-0.2, -0.15) is 0 Å². The van der Waals surface area contributed by atoms with Crippen molar-refractivity contribution in [2.75, 3.05) is 6.61 Å². The van der Waals surface area contributed by atoms with Gasteiger partial charge in [-0.15, -0.1) is 0 Å². The van der Waals surface area contributed by atoms with E-state index in [0.29, 0.717) is 18.4 Å². The van der Waals surface area contributed by atoms with Crippen molar-refractivity contribution in [3.05, 3.63) is 80.9 Å². The molecule has 0 amide bonds. The summed E-state index contributed by atoms with van der Waals surface area (Å²) in [6, 6.07) is 10.6. The first-order chi connectivity index (χ1) is 15.3. The maximum atomic E-state index is 7.50. The van der Waals surface area contributed by atoms with Gasteiger partial charge in [-0.05, 0) is 0 Å². The molecule has 0 atom stereocenters. The zero-order valence-corrected chi connectivity index (χ0v) is 18.2. The van der Waals surface area contributed by atoms with Crippen LogP contribution < -0.4 is 0 Å². The van der Waals surface area contributed by atoms with Crippen LogP contribution in [0.5, 0.6) is 0 Å². The van der Waals surface area contributed by atoms with E-state index in [1.165, 1.54) is 42.7 Å². The van der Waals surface area contributed by atoms with E-state index >= 15 is 0 Å². The van der Waals surface area contributed by atoms with Crippen molar-refractivity contribution in [1.29, 1.82) is 0 Å². The monoisotopic (exact) mass is 459 g/mol. The number of benzene rings is 1. The molecule has 0 aromatic heterocycles.